The van der Waals surface area contributed by atoms with Crippen molar-refractivity contribution in [2.75, 3.05) is 26.3 Å². The van der Waals surface area contributed by atoms with Crippen LogP contribution in [0.25, 0.3) is 10.8 Å². The molecule has 3 amide bonds. The van der Waals surface area contributed by atoms with E-state index in [1.807, 2.05) is 42.5 Å². The molecule has 1 aliphatic heterocycles. The van der Waals surface area contributed by atoms with Crippen molar-refractivity contribution in [1.82, 2.24) is 15.5 Å². The Morgan fingerprint density at radius 3 is 2.50 bits per heavy atom. The molecule has 0 saturated carbocycles. The van der Waals surface area contributed by atoms with Crippen molar-refractivity contribution >= 4 is 30.6 Å². The van der Waals surface area contributed by atoms with Gasteiger partial charge in [0.1, 0.15) is 6.04 Å². The monoisotopic (exact) mass is 407 g/mol. The lowest BCUT2D eigenvalue weighted by Crippen LogP contribution is -2.55. The summed E-state index contributed by atoms with van der Waals surface area (Å²) in [5.41, 5.74) is 1.01. The number of carbonyl (C=O) groups excluding carboxylic acids is 2. The molecule has 30 heavy (non-hydrogen) atoms. The lowest BCUT2D eigenvalue weighted by atomic mass is 9.87. The molecule has 2 atom stereocenters. The van der Waals surface area contributed by atoms with E-state index in [1.165, 1.54) is 0 Å². The SMILES string of the molecule is [B][C@H](CC(C)C)NC(=O)[C@H](Cc1cccc2ccccc12)NC(=O)N1CCOCC1. The molecule has 0 unspecified atom stereocenters. The molecule has 1 fully saturated rings. The smallest absolute Gasteiger partial charge is 0.318 e. The molecule has 0 aromatic heterocycles. The lowest BCUT2D eigenvalue weighted by molar-refractivity contribution is -0.123. The molecule has 2 radical (unpaired) electrons. The third-order valence-corrected chi connectivity index (χ3v) is 5.27. The highest BCUT2D eigenvalue weighted by Gasteiger charge is 2.26. The number of urea groups is 1. The molecule has 2 N–H and O–H groups in total. The Hall–Kier alpha value is -2.54. The third-order valence-electron chi connectivity index (χ3n) is 5.27. The van der Waals surface area contributed by atoms with Crippen LogP contribution in [0.1, 0.15) is 25.8 Å². The first-order chi connectivity index (χ1) is 14.4. The molecule has 0 aliphatic carbocycles. The molecule has 1 aliphatic rings. The van der Waals surface area contributed by atoms with E-state index >= 15 is 0 Å². The van der Waals surface area contributed by atoms with Crippen molar-refractivity contribution in [2.24, 2.45) is 5.92 Å². The maximum atomic E-state index is 13.0. The first-order valence-electron chi connectivity index (χ1n) is 10.6. The molecule has 3 rings (SSSR count). The zero-order chi connectivity index (χ0) is 21.5. The maximum absolute atomic E-state index is 13.0. The fraction of sp³-hybridized carbons (Fsp3) is 0.478. The summed E-state index contributed by atoms with van der Waals surface area (Å²) in [5, 5.41) is 7.97. The van der Waals surface area contributed by atoms with E-state index in [9.17, 15) is 9.59 Å². The van der Waals surface area contributed by atoms with Crippen LogP contribution >= 0.6 is 0 Å². The van der Waals surface area contributed by atoms with Crippen molar-refractivity contribution in [2.45, 2.75) is 38.7 Å². The van der Waals surface area contributed by atoms with Gasteiger partial charge in [-0.15, -0.1) is 0 Å². The molecule has 6 nitrogen and oxygen atoms in total. The second kappa shape index (κ2) is 10.5. The van der Waals surface area contributed by atoms with Gasteiger partial charge in [0, 0.05) is 19.5 Å². The van der Waals surface area contributed by atoms with Gasteiger partial charge in [0.15, 0.2) is 0 Å². The van der Waals surface area contributed by atoms with E-state index in [0.29, 0.717) is 45.1 Å². The predicted octanol–water partition coefficient (Wildman–Crippen LogP) is 2.45. The molecule has 7 heteroatoms. The van der Waals surface area contributed by atoms with Gasteiger partial charge >= 0.3 is 6.03 Å². The third kappa shape index (κ3) is 5.98. The van der Waals surface area contributed by atoms with E-state index in [-0.39, 0.29) is 11.9 Å². The van der Waals surface area contributed by atoms with Gasteiger partial charge in [-0.3, -0.25) is 4.79 Å². The normalized spacial score (nSPS) is 16.3. The molecule has 1 heterocycles. The van der Waals surface area contributed by atoms with Gasteiger partial charge in [-0.05, 0) is 34.6 Å². The Balaban J connectivity index is 1.78. The van der Waals surface area contributed by atoms with E-state index in [1.54, 1.807) is 4.90 Å². The standard InChI is InChI=1S/C23H30BN3O3/c1-16(2)14-21(24)26-22(28)20(25-23(29)27-10-12-30-13-11-27)15-18-8-5-7-17-6-3-4-9-19(17)18/h3-9,16,20-21H,10-15H2,1-2H3,(H,25,29)(H,26,28)/t20-,21-/m0/s1. The molecule has 2 aromatic carbocycles. The van der Waals surface area contributed by atoms with Gasteiger partial charge in [0.25, 0.3) is 0 Å². The summed E-state index contributed by atoms with van der Waals surface area (Å²) in [6.07, 6.45) is 1.06. The van der Waals surface area contributed by atoms with E-state index in [4.69, 9.17) is 12.6 Å². The number of amides is 3. The zero-order valence-corrected chi connectivity index (χ0v) is 17.8. The van der Waals surface area contributed by atoms with Crippen LogP contribution < -0.4 is 10.6 Å². The zero-order valence-electron chi connectivity index (χ0n) is 17.8. The summed E-state index contributed by atoms with van der Waals surface area (Å²) in [6, 6.07) is 13.1. The van der Waals surface area contributed by atoms with Gasteiger partial charge < -0.3 is 20.3 Å². The Labute approximate surface area is 179 Å². The predicted molar refractivity (Wildman–Crippen MR) is 120 cm³/mol. The summed E-state index contributed by atoms with van der Waals surface area (Å²) in [5.74, 6) is -0.356. The Morgan fingerprint density at radius 2 is 1.77 bits per heavy atom. The molecular formula is C23H30BN3O3. The molecule has 0 bridgehead atoms. The van der Waals surface area contributed by atoms with Crippen molar-refractivity contribution in [3.63, 3.8) is 0 Å². The highest BCUT2D eigenvalue weighted by Crippen LogP contribution is 2.20. The molecular weight excluding hydrogens is 377 g/mol. The summed E-state index contributed by atoms with van der Waals surface area (Å²) in [7, 11) is 6.10. The summed E-state index contributed by atoms with van der Waals surface area (Å²) < 4.78 is 5.32. The minimum atomic E-state index is -0.718. The number of rotatable bonds is 7. The Kier molecular flexibility index (Phi) is 7.74. The second-order valence-corrected chi connectivity index (χ2v) is 8.19. The number of nitrogens with zero attached hydrogens (tertiary/aromatic N) is 1. The largest absolute Gasteiger partial charge is 0.378 e. The number of morpholine rings is 1. The Bertz CT molecular complexity index is 862. The summed E-state index contributed by atoms with van der Waals surface area (Å²) in [6.45, 7) is 6.15. The van der Waals surface area contributed by atoms with Gasteiger partial charge in [0.05, 0.1) is 21.1 Å². The lowest BCUT2D eigenvalue weighted by Gasteiger charge is -2.30. The second-order valence-electron chi connectivity index (χ2n) is 8.19. The van der Waals surface area contributed by atoms with Crippen molar-refractivity contribution in [3.05, 3.63) is 48.0 Å². The van der Waals surface area contributed by atoms with Crippen molar-refractivity contribution < 1.29 is 14.3 Å². The van der Waals surface area contributed by atoms with Crippen LogP contribution in [-0.2, 0) is 16.0 Å². The molecule has 0 spiro atoms. The number of carbonyl (C=O) groups is 2. The average Bonchev–Trinajstić information content (AvgIpc) is 2.73. The summed E-state index contributed by atoms with van der Waals surface area (Å²) in [4.78, 5) is 27.5. The summed E-state index contributed by atoms with van der Waals surface area (Å²) >= 11 is 0. The number of fused-ring (bicyclic) bond motifs is 1. The molecule has 2 aromatic rings. The topological polar surface area (TPSA) is 70.7 Å². The number of nitrogens with one attached hydrogen (secondary N) is 2. The van der Waals surface area contributed by atoms with Crippen molar-refractivity contribution in [3.8, 4) is 0 Å². The first-order valence-corrected chi connectivity index (χ1v) is 10.6. The number of ether oxygens (including phenoxy) is 1. The molecule has 1 saturated heterocycles. The van der Waals surface area contributed by atoms with E-state index in [0.717, 1.165) is 16.3 Å². The van der Waals surface area contributed by atoms with Crippen LogP contribution in [0.15, 0.2) is 42.5 Å². The van der Waals surface area contributed by atoms with E-state index in [2.05, 4.69) is 24.5 Å². The Morgan fingerprint density at radius 1 is 1.07 bits per heavy atom. The van der Waals surface area contributed by atoms with Crippen LogP contribution in [0.4, 0.5) is 4.79 Å². The van der Waals surface area contributed by atoms with Crippen LogP contribution in [0.5, 0.6) is 0 Å². The highest BCUT2D eigenvalue weighted by atomic mass is 16.5. The van der Waals surface area contributed by atoms with Gasteiger partial charge in [-0.25, -0.2) is 4.79 Å². The van der Waals surface area contributed by atoms with Crippen molar-refractivity contribution in [1.29, 1.82) is 0 Å². The minimum Gasteiger partial charge on any atom is -0.378 e. The average molecular weight is 407 g/mol. The van der Waals surface area contributed by atoms with E-state index < -0.39 is 12.0 Å². The van der Waals surface area contributed by atoms with Crippen LogP contribution in [-0.4, -0.2) is 63.0 Å². The highest BCUT2D eigenvalue weighted by molar-refractivity contribution is 6.13. The van der Waals surface area contributed by atoms with Gasteiger partial charge in [0.2, 0.25) is 5.91 Å². The number of benzene rings is 2. The fourth-order valence-electron chi connectivity index (χ4n) is 3.76. The van der Waals surface area contributed by atoms with Gasteiger partial charge in [-0.1, -0.05) is 56.3 Å². The molecule has 158 valence electrons. The van der Waals surface area contributed by atoms with Gasteiger partial charge in [-0.2, -0.15) is 0 Å². The first kappa shape index (κ1) is 22.2. The minimum absolute atomic E-state index is 0.254. The fourth-order valence-corrected chi connectivity index (χ4v) is 3.76. The van der Waals surface area contributed by atoms with Crippen LogP contribution in [0, 0.1) is 5.92 Å². The van der Waals surface area contributed by atoms with Crippen LogP contribution in [0.2, 0.25) is 0 Å². The number of hydrogen-bond donors (Lipinski definition) is 2. The number of hydrogen-bond acceptors (Lipinski definition) is 3. The quantitative estimate of drug-likeness (QED) is 0.693. The van der Waals surface area contributed by atoms with Crippen LogP contribution in [0.3, 0.4) is 0 Å². The maximum Gasteiger partial charge on any atom is 0.318 e.